The number of sulfonamides is 1. The van der Waals surface area contributed by atoms with Crippen molar-refractivity contribution in [3.63, 3.8) is 0 Å². The van der Waals surface area contributed by atoms with Gasteiger partial charge in [0.25, 0.3) is 10.0 Å². The number of hydrogen-bond acceptors (Lipinski definition) is 5. The Bertz CT molecular complexity index is 607. The molecule has 0 aliphatic heterocycles. The first-order valence-electron chi connectivity index (χ1n) is 5.10. The van der Waals surface area contributed by atoms with Crippen LogP contribution in [-0.4, -0.2) is 31.3 Å². The fourth-order valence-corrected chi connectivity index (χ4v) is 4.73. The van der Waals surface area contributed by atoms with Crippen LogP contribution in [-0.2, 0) is 16.4 Å². The molecule has 0 unspecified atom stereocenters. The number of rotatable bonds is 5. The van der Waals surface area contributed by atoms with Crippen molar-refractivity contribution in [3.8, 4) is 0 Å². The van der Waals surface area contributed by atoms with Crippen molar-refractivity contribution in [2.75, 3.05) is 13.6 Å². The quantitative estimate of drug-likeness (QED) is 0.850. The van der Waals surface area contributed by atoms with Gasteiger partial charge in [0.2, 0.25) is 0 Å². The normalized spacial score (nSPS) is 12.2. The maximum Gasteiger partial charge on any atom is 0.253 e. The van der Waals surface area contributed by atoms with Crippen molar-refractivity contribution in [2.45, 2.75) is 10.6 Å². The molecule has 0 aliphatic carbocycles. The molecule has 2 aromatic rings. The average molecular weight is 323 g/mol. The molecule has 0 aromatic carbocycles. The van der Waals surface area contributed by atoms with Crippen molar-refractivity contribution in [1.82, 2.24) is 9.29 Å². The number of likely N-dealkylation sites (N-methyl/N-ethyl adjacent to an activating group) is 1. The first kappa shape index (κ1) is 14.0. The van der Waals surface area contributed by atoms with E-state index in [4.69, 9.17) is 11.6 Å². The Kier molecular flexibility index (Phi) is 4.39. The molecule has 0 fully saturated rings. The standard InChI is InChI=1S/C10H11ClN2O2S3/c1-13(5-4-8-3-2-6-16-8)18(14,15)9-7-12-10(11)17-9/h2-3,6-7H,4-5H2,1H3. The molecule has 98 valence electrons. The summed E-state index contributed by atoms with van der Waals surface area (Å²) in [6, 6.07) is 3.95. The molecule has 2 aromatic heterocycles. The van der Waals surface area contributed by atoms with Crippen LogP contribution < -0.4 is 0 Å². The molecule has 18 heavy (non-hydrogen) atoms. The lowest BCUT2D eigenvalue weighted by atomic mass is 10.3. The van der Waals surface area contributed by atoms with E-state index in [0.717, 1.165) is 11.3 Å². The summed E-state index contributed by atoms with van der Waals surface area (Å²) in [6.07, 6.45) is 2.00. The Morgan fingerprint density at radius 1 is 1.50 bits per heavy atom. The molecule has 0 N–H and O–H groups in total. The van der Waals surface area contributed by atoms with E-state index >= 15 is 0 Å². The van der Waals surface area contributed by atoms with E-state index in [1.54, 1.807) is 18.4 Å². The van der Waals surface area contributed by atoms with Crippen LogP contribution in [0.4, 0.5) is 0 Å². The Morgan fingerprint density at radius 2 is 2.28 bits per heavy atom. The van der Waals surface area contributed by atoms with Gasteiger partial charge in [0.05, 0.1) is 6.20 Å². The van der Waals surface area contributed by atoms with Crippen LogP contribution >= 0.6 is 34.3 Å². The number of thiazole rings is 1. The van der Waals surface area contributed by atoms with Gasteiger partial charge in [-0.3, -0.25) is 0 Å². The van der Waals surface area contributed by atoms with Crippen LogP contribution in [0.3, 0.4) is 0 Å². The van der Waals surface area contributed by atoms with Crippen molar-refractivity contribution in [3.05, 3.63) is 33.1 Å². The maximum absolute atomic E-state index is 12.1. The van der Waals surface area contributed by atoms with E-state index in [-0.39, 0.29) is 8.68 Å². The molecule has 0 saturated heterocycles. The minimum Gasteiger partial charge on any atom is -0.232 e. The molecule has 0 spiro atoms. The van der Waals surface area contributed by atoms with Crippen molar-refractivity contribution in [1.29, 1.82) is 0 Å². The van der Waals surface area contributed by atoms with Gasteiger partial charge in [-0.15, -0.1) is 11.3 Å². The van der Waals surface area contributed by atoms with Crippen LogP contribution in [0.25, 0.3) is 0 Å². The molecule has 0 radical (unpaired) electrons. The number of thiophene rings is 1. The van der Waals surface area contributed by atoms with Crippen LogP contribution in [0.1, 0.15) is 4.88 Å². The lowest BCUT2D eigenvalue weighted by Crippen LogP contribution is -2.28. The highest BCUT2D eigenvalue weighted by atomic mass is 35.5. The number of halogens is 1. The molecule has 2 rings (SSSR count). The molecule has 2 heterocycles. The summed E-state index contributed by atoms with van der Waals surface area (Å²) in [5.74, 6) is 0. The molecule has 8 heteroatoms. The topological polar surface area (TPSA) is 50.3 Å². The maximum atomic E-state index is 12.1. The van der Waals surface area contributed by atoms with Crippen LogP contribution in [0.15, 0.2) is 27.9 Å². The lowest BCUT2D eigenvalue weighted by molar-refractivity contribution is 0.475. The summed E-state index contributed by atoms with van der Waals surface area (Å²) in [5.41, 5.74) is 0. The zero-order valence-electron chi connectivity index (χ0n) is 9.54. The van der Waals surface area contributed by atoms with Crippen molar-refractivity contribution in [2.24, 2.45) is 0 Å². The molecule has 0 atom stereocenters. The van der Waals surface area contributed by atoms with E-state index in [1.165, 1.54) is 15.4 Å². The zero-order valence-corrected chi connectivity index (χ0v) is 12.7. The number of aromatic nitrogens is 1. The molecular formula is C10H11ClN2O2S3. The van der Waals surface area contributed by atoms with E-state index < -0.39 is 10.0 Å². The van der Waals surface area contributed by atoms with Gasteiger partial charge in [-0.2, -0.15) is 4.31 Å². The summed E-state index contributed by atoms with van der Waals surface area (Å²) < 4.78 is 26.0. The van der Waals surface area contributed by atoms with Gasteiger partial charge in [-0.25, -0.2) is 13.4 Å². The van der Waals surface area contributed by atoms with Crippen LogP contribution in [0.2, 0.25) is 4.47 Å². The van der Waals surface area contributed by atoms with Crippen LogP contribution in [0.5, 0.6) is 0 Å². The summed E-state index contributed by atoms with van der Waals surface area (Å²) in [4.78, 5) is 4.92. The third-order valence-electron chi connectivity index (χ3n) is 2.37. The molecule has 0 aliphatic rings. The third-order valence-corrected chi connectivity index (χ3v) is 6.72. The largest absolute Gasteiger partial charge is 0.253 e. The van der Waals surface area contributed by atoms with E-state index in [9.17, 15) is 8.42 Å². The van der Waals surface area contributed by atoms with Crippen LogP contribution in [0, 0.1) is 0 Å². The second kappa shape index (κ2) is 5.66. The average Bonchev–Trinajstić information content (AvgIpc) is 2.96. The first-order valence-corrected chi connectivity index (χ1v) is 8.61. The minimum absolute atomic E-state index is 0.182. The first-order chi connectivity index (χ1) is 8.50. The highest BCUT2D eigenvalue weighted by Gasteiger charge is 2.23. The zero-order chi connectivity index (χ0) is 13.2. The van der Waals surface area contributed by atoms with Gasteiger partial charge < -0.3 is 0 Å². The summed E-state index contributed by atoms with van der Waals surface area (Å²) in [5, 5.41) is 1.98. The summed E-state index contributed by atoms with van der Waals surface area (Å²) >= 11 is 8.25. The number of hydrogen-bond donors (Lipinski definition) is 0. The van der Waals surface area contributed by atoms with Gasteiger partial charge >= 0.3 is 0 Å². The Balaban J connectivity index is 2.06. The predicted molar refractivity (Wildman–Crippen MR) is 75.0 cm³/mol. The number of nitrogens with zero attached hydrogens (tertiary/aromatic N) is 2. The summed E-state index contributed by atoms with van der Waals surface area (Å²) in [7, 11) is -1.90. The van der Waals surface area contributed by atoms with Gasteiger partial charge in [0, 0.05) is 18.5 Å². The van der Waals surface area contributed by atoms with Gasteiger partial charge in [-0.1, -0.05) is 29.0 Å². The third kappa shape index (κ3) is 3.10. The predicted octanol–water partition coefficient (Wildman–Crippen LogP) is 2.72. The molecule has 0 amide bonds. The van der Waals surface area contributed by atoms with Gasteiger partial charge in [0.1, 0.15) is 0 Å². The van der Waals surface area contributed by atoms with Crippen molar-refractivity contribution < 1.29 is 8.42 Å². The monoisotopic (exact) mass is 322 g/mol. The van der Waals surface area contributed by atoms with Gasteiger partial charge in [0.15, 0.2) is 8.68 Å². The fourth-order valence-electron chi connectivity index (χ4n) is 1.35. The van der Waals surface area contributed by atoms with Crippen molar-refractivity contribution >= 4 is 44.3 Å². The lowest BCUT2D eigenvalue weighted by Gasteiger charge is -2.14. The minimum atomic E-state index is -3.46. The fraction of sp³-hybridized carbons (Fsp3) is 0.300. The highest BCUT2D eigenvalue weighted by molar-refractivity contribution is 7.91. The Labute approximate surface area is 119 Å². The molecule has 0 bridgehead atoms. The Hall–Kier alpha value is -0.470. The SMILES string of the molecule is CN(CCc1cccs1)S(=O)(=O)c1cnc(Cl)s1. The second-order valence-corrected chi connectivity index (χ2v) is 8.50. The molecule has 4 nitrogen and oxygen atoms in total. The van der Waals surface area contributed by atoms with E-state index in [0.29, 0.717) is 13.0 Å². The smallest absolute Gasteiger partial charge is 0.232 e. The molecule has 0 saturated carbocycles. The van der Waals surface area contributed by atoms with Gasteiger partial charge in [-0.05, 0) is 17.9 Å². The summed E-state index contributed by atoms with van der Waals surface area (Å²) in [6.45, 7) is 0.443. The molecular weight excluding hydrogens is 312 g/mol. The highest BCUT2D eigenvalue weighted by Crippen LogP contribution is 2.25. The Morgan fingerprint density at radius 3 is 2.83 bits per heavy atom. The van der Waals surface area contributed by atoms with E-state index in [2.05, 4.69) is 4.98 Å². The van der Waals surface area contributed by atoms with E-state index in [1.807, 2.05) is 17.5 Å². The second-order valence-electron chi connectivity index (χ2n) is 3.59.